The average molecular weight is 290 g/mol. The average Bonchev–Trinajstić information content (AvgIpc) is 2.45. The Morgan fingerprint density at radius 1 is 1.25 bits per heavy atom. The summed E-state index contributed by atoms with van der Waals surface area (Å²) in [7, 11) is 1.61. The van der Waals surface area contributed by atoms with Crippen molar-refractivity contribution in [3.8, 4) is 5.75 Å². The number of hydrogen-bond donors (Lipinski definition) is 2. The molecule has 4 heteroatoms. The number of halogens is 1. The quantitative estimate of drug-likeness (QED) is 0.907. The molecule has 1 unspecified atom stereocenters. The molecule has 2 rings (SSSR count). The summed E-state index contributed by atoms with van der Waals surface area (Å²) in [6, 6.07) is 14.4. The van der Waals surface area contributed by atoms with Gasteiger partial charge in [-0.05, 0) is 29.3 Å². The molecular formula is C16H16ClNO2. The maximum absolute atomic E-state index is 11.7. The number of phenols is 1. The van der Waals surface area contributed by atoms with Crippen LogP contribution in [0.2, 0.25) is 5.02 Å². The van der Waals surface area contributed by atoms with Crippen molar-refractivity contribution in [1.82, 2.24) is 5.32 Å². The van der Waals surface area contributed by atoms with E-state index in [0.717, 1.165) is 11.1 Å². The van der Waals surface area contributed by atoms with Gasteiger partial charge in [0.15, 0.2) is 0 Å². The topological polar surface area (TPSA) is 49.3 Å². The predicted octanol–water partition coefficient (Wildman–Crippen LogP) is 3.31. The summed E-state index contributed by atoms with van der Waals surface area (Å²) in [5, 5.41) is 12.9. The second-order valence-electron chi connectivity index (χ2n) is 4.55. The highest BCUT2D eigenvalue weighted by Gasteiger charge is 2.20. The van der Waals surface area contributed by atoms with E-state index in [2.05, 4.69) is 5.32 Å². The maximum atomic E-state index is 11.7. The lowest BCUT2D eigenvalue weighted by Gasteiger charge is -2.18. The highest BCUT2D eigenvalue weighted by Crippen LogP contribution is 2.34. The fraction of sp³-hybridized carbons (Fsp3) is 0.188. The van der Waals surface area contributed by atoms with Crippen molar-refractivity contribution < 1.29 is 9.90 Å². The summed E-state index contributed by atoms with van der Waals surface area (Å²) in [4.78, 5) is 11.7. The van der Waals surface area contributed by atoms with Crippen LogP contribution >= 0.6 is 11.6 Å². The van der Waals surface area contributed by atoms with Gasteiger partial charge < -0.3 is 10.4 Å². The molecule has 0 aliphatic rings. The molecule has 0 saturated heterocycles. The monoisotopic (exact) mass is 289 g/mol. The fourth-order valence-corrected chi connectivity index (χ4v) is 2.46. The standard InChI is InChI=1S/C16H16ClNO2/c1-18-16(20)10-14(11-5-4-6-12(19)9-11)13-7-2-3-8-15(13)17/h2-9,14,19H,10H2,1H3,(H,18,20). The van der Waals surface area contributed by atoms with Crippen molar-refractivity contribution >= 4 is 17.5 Å². The first kappa shape index (κ1) is 14.4. The first-order chi connectivity index (χ1) is 9.61. The van der Waals surface area contributed by atoms with Crippen LogP contribution < -0.4 is 5.32 Å². The van der Waals surface area contributed by atoms with Crippen LogP contribution in [-0.4, -0.2) is 18.1 Å². The molecule has 3 nitrogen and oxygen atoms in total. The molecule has 0 aliphatic heterocycles. The molecule has 2 aromatic rings. The van der Waals surface area contributed by atoms with Crippen molar-refractivity contribution in [3.63, 3.8) is 0 Å². The molecule has 2 N–H and O–H groups in total. The van der Waals surface area contributed by atoms with Crippen LogP contribution in [0.3, 0.4) is 0 Å². The van der Waals surface area contributed by atoms with Gasteiger partial charge in [0.25, 0.3) is 0 Å². The van der Waals surface area contributed by atoms with Crippen LogP contribution in [0.25, 0.3) is 0 Å². The van der Waals surface area contributed by atoms with Crippen LogP contribution in [0.15, 0.2) is 48.5 Å². The number of hydrogen-bond acceptors (Lipinski definition) is 2. The first-order valence-corrected chi connectivity index (χ1v) is 6.73. The SMILES string of the molecule is CNC(=O)CC(c1cccc(O)c1)c1ccccc1Cl. The molecule has 0 aliphatic carbocycles. The van der Waals surface area contributed by atoms with Crippen molar-refractivity contribution in [2.75, 3.05) is 7.05 Å². The van der Waals surface area contributed by atoms with E-state index in [-0.39, 0.29) is 24.0 Å². The summed E-state index contributed by atoms with van der Waals surface area (Å²) in [6.07, 6.45) is 0.281. The zero-order valence-corrected chi connectivity index (χ0v) is 11.9. The molecule has 1 amide bonds. The molecule has 0 spiro atoms. The molecule has 20 heavy (non-hydrogen) atoms. The van der Waals surface area contributed by atoms with Gasteiger partial charge in [0, 0.05) is 24.4 Å². The largest absolute Gasteiger partial charge is 0.508 e. The minimum atomic E-state index is -0.184. The van der Waals surface area contributed by atoms with E-state index >= 15 is 0 Å². The molecular weight excluding hydrogens is 274 g/mol. The van der Waals surface area contributed by atoms with Crippen LogP contribution in [-0.2, 0) is 4.79 Å². The van der Waals surface area contributed by atoms with E-state index < -0.39 is 0 Å². The number of phenolic OH excluding ortho intramolecular Hbond substituents is 1. The number of benzene rings is 2. The Balaban J connectivity index is 2.45. The van der Waals surface area contributed by atoms with Crippen LogP contribution in [0.4, 0.5) is 0 Å². The molecule has 2 aromatic carbocycles. The zero-order chi connectivity index (χ0) is 14.5. The predicted molar refractivity (Wildman–Crippen MR) is 80.1 cm³/mol. The van der Waals surface area contributed by atoms with Gasteiger partial charge in [0.05, 0.1) is 0 Å². The van der Waals surface area contributed by atoms with Crippen LogP contribution in [0.1, 0.15) is 23.5 Å². The highest BCUT2D eigenvalue weighted by molar-refractivity contribution is 6.31. The summed E-state index contributed by atoms with van der Waals surface area (Å²) < 4.78 is 0. The fourth-order valence-electron chi connectivity index (χ4n) is 2.19. The summed E-state index contributed by atoms with van der Waals surface area (Å²) >= 11 is 6.24. The number of amides is 1. The van der Waals surface area contributed by atoms with E-state index in [0.29, 0.717) is 5.02 Å². The maximum Gasteiger partial charge on any atom is 0.220 e. The number of carbonyl (C=O) groups is 1. The molecule has 0 saturated carbocycles. The molecule has 104 valence electrons. The lowest BCUT2D eigenvalue weighted by atomic mass is 9.88. The van der Waals surface area contributed by atoms with Gasteiger partial charge in [-0.15, -0.1) is 0 Å². The molecule has 0 bridgehead atoms. The van der Waals surface area contributed by atoms with Gasteiger partial charge in [0.2, 0.25) is 5.91 Å². The van der Waals surface area contributed by atoms with Crippen LogP contribution in [0, 0.1) is 0 Å². The third kappa shape index (κ3) is 3.31. The van der Waals surface area contributed by atoms with Crippen molar-refractivity contribution in [3.05, 3.63) is 64.7 Å². The Hall–Kier alpha value is -2.00. The minimum absolute atomic E-state index is 0.0711. The lowest BCUT2D eigenvalue weighted by Crippen LogP contribution is -2.21. The molecule has 0 heterocycles. The summed E-state index contributed by atoms with van der Waals surface area (Å²) in [5.74, 6) is -0.0783. The third-order valence-corrected chi connectivity index (χ3v) is 3.57. The molecule has 0 aromatic heterocycles. The highest BCUT2D eigenvalue weighted by atomic mass is 35.5. The van der Waals surface area contributed by atoms with Crippen molar-refractivity contribution in [2.45, 2.75) is 12.3 Å². The number of rotatable bonds is 4. The van der Waals surface area contributed by atoms with Crippen molar-refractivity contribution in [1.29, 1.82) is 0 Å². The molecule has 0 fully saturated rings. The Labute approximate surface area is 123 Å². The first-order valence-electron chi connectivity index (χ1n) is 6.35. The number of carbonyl (C=O) groups excluding carboxylic acids is 1. The van der Waals surface area contributed by atoms with Crippen LogP contribution in [0.5, 0.6) is 5.75 Å². The Morgan fingerprint density at radius 2 is 2.00 bits per heavy atom. The van der Waals surface area contributed by atoms with Gasteiger partial charge in [0.1, 0.15) is 5.75 Å². The Morgan fingerprint density at radius 3 is 2.65 bits per heavy atom. The zero-order valence-electron chi connectivity index (χ0n) is 11.1. The smallest absolute Gasteiger partial charge is 0.220 e. The number of nitrogens with one attached hydrogen (secondary N) is 1. The molecule has 0 radical (unpaired) electrons. The van der Waals surface area contributed by atoms with E-state index in [1.165, 1.54) is 0 Å². The summed E-state index contributed by atoms with van der Waals surface area (Å²) in [5.41, 5.74) is 1.74. The van der Waals surface area contributed by atoms with Gasteiger partial charge in [-0.1, -0.05) is 41.9 Å². The second kappa shape index (κ2) is 6.44. The van der Waals surface area contributed by atoms with E-state index in [4.69, 9.17) is 11.6 Å². The summed E-state index contributed by atoms with van der Waals surface area (Å²) in [6.45, 7) is 0. The van der Waals surface area contributed by atoms with E-state index in [1.54, 1.807) is 31.3 Å². The van der Waals surface area contributed by atoms with Gasteiger partial charge in [-0.25, -0.2) is 0 Å². The Bertz CT molecular complexity index is 613. The minimum Gasteiger partial charge on any atom is -0.508 e. The van der Waals surface area contributed by atoms with Gasteiger partial charge in [-0.3, -0.25) is 4.79 Å². The third-order valence-electron chi connectivity index (χ3n) is 3.22. The van der Waals surface area contributed by atoms with E-state index in [1.807, 2.05) is 24.3 Å². The van der Waals surface area contributed by atoms with Crippen molar-refractivity contribution in [2.24, 2.45) is 0 Å². The van der Waals surface area contributed by atoms with Gasteiger partial charge >= 0.3 is 0 Å². The molecule has 1 atom stereocenters. The Kier molecular flexibility index (Phi) is 4.64. The van der Waals surface area contributed by atoms with Gasteiger partial charge in [-0.2, -0.15) is 0 Å². The van der Waals surface area contributed by atoms with E-state index in [9.17, 15) is 9.90 Å². The normalized spacial score (nSPS) is 11.9. The second-order valence-corrected chi connectivity index (χ2v) is 4.95. The lowest BCUT2D eigenvalue weighted by molar-refractivity contribution is -0.120. The number of aromatic hydroxyl groups is 1.